The van der Waals surface area contributed by atoms with Gasteiger partial charge in [-0.2, -0.15) is 0 Å². The summed E-state index contributed by atoms with van der Waals surface area (Å²) in [6.07, 6.45) is 0. The summed E-state index contributed by atoms with van der Waals surface area (Å²) in [7, 11) is 1.57. The Labute approximate surface area is 173 Å². The molecule has 0 spiro atoms. The van der Waals surface area contributed by atoms with Crippen LogP contribution in [0.5, 0.6) is 11.5 Å². The van der Waals surface area contributed by atoms with Gasteiger partial charge in [-0.05, 0) is 66.2 Å². The fourth-order valence-corrected chi connectivity index (χ4v) is 2.75. The van der Waals surface area contributed by atoms with Crippen LogP contribution in [0.3, 0.4) is 0 Å². The minimum absolute atomic E-state index is 0.178. The second-order valence-corrected chi connectivity index (χ2v) is 6.48. The number of carbonyl (C=O) groups excluding carboxylic acids is 3. The molecule has 0 aliphatic carbocycles. The van der Waals surface area contributed by atoms with Crippen LogP contribution in [0.25, 0.3) is 0 Å². The van der Waals surface area contributed by atoms with Crippen LogP contribution >= 0.6 is 0 Å². The van der Waals surface area contributed by atoms with E-state index in [2.05, 4.69) is 10.6 Å². The molecule has 4 N–H and O–H groups in total. The highest BCUT2D eigenvalue weighted by atomic mass is 16.5. The van der Waals surface area contributed by atoms with Gasteiger partial charge >= 0.3 is 0 Å². The van der Waals surface area contributed by atoms with E-state index in [1.165, 1.54) is 0 Å². The summed E-state index contributed by atoms with van der Waals surface area (Å²) in [4.78, 5) is 35.2. The smallest absolute Gasteiger partial charge is 0.251 e. The van der Waals surface area contributed by atoms with E-state index in [0.29, 0.717) is 34.7 Å². The molecule has 152 valence electrons. The molecule has 7 heteroatoms. The normalized spacial score (nSPS) is 10.2. The number of rotatable bonds is 7. The van der Waals surface area contributed by atoms with Crippen molar-refractivity contribution in [2.24, 2.45) is 5.73 Å². The van der Waals surface area contributed by atoms with Crippen molar-refractivity contribution in [1.82, 2.24) is 10.6 Å². The zero-order valence-corrected chi connectivity index (χ0v) is 16.3. The van der Waals surface area contributed by atoms with Gasteiger partial charge < -0.3 is 21.1 Å². The molecule has 0 aromatic heterocycles. The first-order valence-electron chi connectivity index (χ1n) is 9.23. The Balaban J connectivity index is 1.58. The third-order valence-corrected chi connectivity index (χ3v) is 4.36. The standard InChI is InChI=1S/C23H21N3O4/c1-25-22(28)18-4-2-3-15(13-18)14-26-23(29)17-7-11-20(12-8-17)30-19-9-5-16(6-10-19)21(24)27/h2-13H,14H2,1H3,(H2,24,27)(H,25,28)(H,26,29). The molecule has 3 rings (SSSR count). The summed E-state index contributed by atoms with van der Waals surface area (Å²) in [5, 5.41) is 5.40. The largest absolute Gasteiger partial charge is 0.457 e. The zero-order valence-electron chi connectivity index (χ0n) is 16.3. The van der Waals surface area contributed by atoms with E-state index in [4.69, 9.17) is 10.5 Å². The summed E-state index contributed by atoms with van der Waals surface area (Å²) < 4.78 is 5.70. The number of ether oxygens (including phenoxy) is 1. The molecule has 0 saturated heterocycles. The van der Waals surface area contributed by atoms with Crippen molar-refractivity contribution in [2.75, 3.05) is 7.05 Å². The van der Waals surface area contributed by atoms with E-state index < -0.39 is 5.91 Å². The van der Waals surface area contributed by atoms with Crippen LogP contribution < -0.4 is 21.1 Å². The molecule has 3 amide bonds. The zero-order chi connectivity index (χ0) is 21.5. The van der Waals surface area contributed by atoms with Crippen LogP contribution in [0.2, 0.25) is 0 Å². The highest BCUT2D eigenvalue weighted by Gasteiger charge is 2.08. The predicted molar refractivity (Wildman–Crippen MR) is 112 cm³/mol. The van der Waals surface area contributed by atoms with Crippen LogP contribution in [0.4, 0.5) is 0 Å². The van der Waals surface area contributed by atoms with Crippen LogP contribution in [0, 0.1) is 0 Å². The quantitative estimate of drug-likeness (QED) is 0.563. The minimum atomic E-state index is -0.503. The number of carbonyl (C=O) groups is 3. The maximum Gasteiger partial charge on any atom is 0.251 e. The number of hydrogen-bond donors (Lipinski definition) is 3. The van der Waals surface area contributed by atoms with Crippen molar-refractivity contribution in [3.05, 3.63) is 95.1 Å². The third-order valence-electron chi connectivity index (χ3n) is 4.36. The number of primary amides is 1. The second-order valence-electron chi connectivity index (χ2n) is 6.48. The van der Waals surface area contributed by atoms with Crippen molar-refractivity contribution in [2.45, 2.75) is 6.54 Å². The van der Waals surface area contributed by atoms with Crippen LogP contribution in [0.1, 0.15) is 36.6 Å². The summed E-state index contributed by atoms with van der Waals surface area (Å²) in [6.45, 7) is 0.300. The molecule has 0 aliphatic heterocycles. The van der Waals surface area contributed by atoms with Crippen molar-refractivity contribution in [3.63, 3.8) is 0 Å². The molecular formula is C23H21N3O4. The topological polar surface area (TPSA) is 111 Å². The molecule has 30 heavy (non-hydrogen) atoms. The molecular weight excluding hydrogens is 382 g/mol. The van der Waals surface area contributed by atoms with Gasteiger partial charge in [0.25, 0.3) is 11.8 Å². The first kappa shape index (κ1) is 20.6. The van der Waals surface area contributed by atoms with Crippen LogP contribution in [-0.4, -0.2) is 24.8 Å². The van der Waals surface area contributed by atoms with Gasteiger partial charge in [0.05, 0.1) is 0 Å². The van der Waals surface area contributed by atoms with Crippen molar-refractivity contribution < 1.29 is 19.1 Å². The second kappa shape index (κ2) is 9.38. The lowest BCUT2D eigenvalue weighted by atomic mass is 10.1. The van der Waals surface area contributed by atoms with Crippen LogP contribution in [0.15, 0.2) is 72.8 Å². The van der Waals surface area contributed by atoms with Gasteiger partial charge in [-0.25, -0.2) is 0 Å². The SMILES string of the molecule is CNC(=O)c1cccc(CNC(=O)c2ccc(Oc3ccc(C(N)=O)cc3)cc2)c1. The van der Waals surface area contributed by atoms with Gasteiger partial charge in [0.1, 0.15) is 11.5 Å². The van der Waals surface area contributed by atoms with Gasteiger partial charge in [-0.15, -0.1) is 0 Å². The fraction of sp³-hybridized carbons (Fsp3) is 0.0870. The molecule has 0 fully saturated rings. The first-order chi connectivity index (χ1) is 14.5. The van der Waals surface area contributed by atoms with Crippen LogP contribution in [-0.2, 0) is 6.54 Å². The maximum absolute atomic E-state index is 12.4. The molecule has 7 nitrogen and oxygen atoms in total. The summed E-state index contributed by atoms with van der Waals surface area (Å²) >= 11 is 0. The first-order valence-corrected chi connectivity index (χ1v) is 9.23. The molecule has 3 aromatic carbocycles. The van der Waals surface area contributed by atoms with Gasteiger partial charge in [-0.3, -0.25) is 14.4 Å². The minimum Gasteiger partial charge on any atom is -0.457 e. The Bertz CT molecular complexity index is 1060. The van der Waals surface area contributed by atoms with Crippen molar-refractivity contribution in [1.29, 1.82) is 0 Å². The van der Waals surface area contributed by atoms with Gasteiger partial charge in [0.15, 0.2) is 0 Å². The van der Waals surface area contributed by atoms with E-state index >= 15 is 0 Å². The van der Waals surface area contributed by atoms with Gasteiger partial charge in [0.2, 0.25) is 5.91 Å². The van der Waals surface area contributed by atoms with E-state index in [1.54, 1.807) is 73.8 Å². The molecule has 0 aliphatic rings. The Morgan fingerprint density at radius 3 is 1.97 bits per heavy atom. The average molecular weight is 403 g/mol. The third kappa shape index (κ3) is 5.23. The Kier molecular flexibility index (Phi) is 6.44. The van der Waals surface area contributed by atoms with E-state index in [1.807, 2.05) is 6.07 Å². The molecule has 0 unspecified atom stereocenters. The van der Waals surface area contributed by atoms with Crippen molar-refractivity contribution >= 4 is 17.7 Å². The van der Waals surface area contributed by atoms with E-state index in [0.717, 1.165) is 5.56 Å². The van der Waals surface area contributed by atoms with Gasteiger partial charge in [0, 0.05) is 30.3 Å². The molecule has 0 heterocycles. The summed E-state index contributed by atoms with van der Waals surface area (Å²) in [6, 6.07) is 20.2. The number of nitrogens with one attached hydrogen (secondary N) is 2. The monoisotopic (exact) mass is 403 g/mol. The lowest BCUT2D eigenvalue weighted by Gasteiger charge is -2.09. The summed E-state index contributed by atoms with van der Waals surface area (Å²) in [5.74, 6) is 0.183. The highest BCUT2D eigenvalue weighted by molar-refractivity contribution is 5.95. The molecule has 0 radical (unpaired) electrons. The average Bonchev–Trinajstić information content (AvgIpc) is 2.78. The van der Waals surface area contributed by atoms with Gasteiger partial charge in [-0.1, -0.05) is 12.1 Å². The van der Waals surface area contributed by atoms with E-state index in [9.17, 15) is 14.4 Å². The Morgan fingerprint density at radius 1 is 0.800 bits per heavy atom. The highest BCUT2D eigenvalue weighted by Crippen LogP contribution is 2.22. The molecule has 0 saturated carbocycles. The predicted octanol–water partition coefficient (Wildman–Crippen LogP) is 2.87. The number of benzene rings is 3. The Hall–Kier alpha value is -4.13. The molecule has 0 atom stereocenters. The lowest BCUT2D eigenvalue weighted by Crippen LogP contribution is -2.23. The fourth-order valence-electron chi connectivity index (χ4n) is 2.75. The number of hydrogen-bond acceptors (Lipinski definition) is 4. The van der Waals surface area contributed by atoms with E-state index in [-0.39, 0.29) is 11.8 Å². The molecule has 0 bridgehead atoms. The lowest BCUT2D eigenvalue weighted by molar-refractivity contribution is 0.0948. The Morgan fingerprint density at radius 2 is 1.40 bits per heavy atom. The number of nitrogens with two attached hydrogens (primary N) is 1. The number of amides is 3. The maximum atomic E-state index is 12.4. The summed E-state index contributed by atoms with van der Waals surface area (Å²) in [5.41, 5.74) is 7.45. The molecule has 3 aromatic rings. The van der Waals surface area contributed by atoms with Crippen molar-refractivity contribution in [3.8, 4) is 11.5 Å².